The highest BCUT2D eigenvalue weighted by molar-refractivity contribution is 9.10. The van der Waals surface area contributed by atoms with Crippen LogP contribution in [-0.4, -0.2) is 11.2 Å². The minimum atomic E-state index is 0.934. The standard InChI is InChI=1S/C9H11BrN2/c1-6(5-11)3-8-4-7(2)9(10)12-8/h3-5,11-12H,1-2H3/b6-3-,11-5?. The Kier molecular flexibility index (Phi) is 2.87. The fourth-order valence-electron chi connectivity index (χ4n) is 0.923. The molecule has 1 aromatic heterocycles. The lowest BCUT2D eigenvalue weighted by Gasteiger charge is -1.87. The lowest BCUT2D eigenvalue weighted by atomic mass is 10.2. The molecule has 0 unspecified atom stereocenters. The number of aromatic nitrogens is 1. The average molecular weight is 227 g/mol. The van der Waals surface area contributed by atoms with Gasteiger partial charge < -0.3 is 10.4 Å². The van der Waals surface area contributed by atoms with Gasteiger partial charge in [0.05, 0.1) is 4.60 Å². The largest absolute Gasteiger partial charge is 0.350 e. The molecule has 0 fully saturated rings. The first-order chi connectivity index (χ1) is 5.63. The van der Waals surface area contributed by atoms with Gasteiger partial charge in [0, 0.05) is 11.9 Å². The van der Waals surface area contributed by atoms with Crippen molar-refractivity contribution >= 4 is 28.2 Å². The lowest BCUT2D eigenvalue weighted by molar-refractivity contribution is 1.30. The topological polar surface area (TPSA) is 39.6 Å². The highest BCUT2D eigenvalue weighted by Crippen LogP contribution is 2.17. The summed E-state index contributed by atoms with van der Waals surface area (Å²) in [5.74, 6) is 0. The van der Waals surface area contributed by atoms with E-state index in [1.165, 1.54) is 11.8 Å². The Hall–Kier alpha value is -0.830. The van der Waals surface area contributed by atoms with E-state index in [-0.39, 0.29) is 0 Å². The summed E-state index contributed by atoms with van der Waals surface area (Å²) in [7, 11) is 0. The molecule has 3 heteroatoms. The van der Waals surface area contributed by atoms with Crippen LogP contribution >= 0.6 is 15.9 Å². The lowest BCUT2D eigenvalue weighted by Crippen LogP contribution is -1.76. The summed E-state index contributed by atoms with van der Waals surface area (Å²) >= 11 is 3.39. The third-order valence-electron chi connectivity index (χ3n) is 1.58. The summed E-state index contributed by atoms with van der Waals surface area (Å²) in [5, 5.41) is 7.00. The van der Waals surface area contributed by atoms with E-state index in [9.17, 15) is 0 Å². The van der Waals surface area contributed by atoms with E-state index in [1.54, 1.807) is 0 Å². The monoisotopic (exact) mass is 226 g/mol. The zero-order valence-corrected chi connectivity index (χ0v) is 8.70. The quantitative estimate of drug-likeness (QED) is 0.728. The van der Waals surface area contributed by atoms with E-state index in [1.807, 2.05) is 26.0 Å². The summed E-state index contributed by atoms with van der Waals surface area (Å²) in [5.41, 5.74) is 3.14. The van der Waals surface area contributed by atoms with Crippen LogP contribution in [0.1, 0.15) is 18.2 Å². The summed E-state index contributed by atoms with van der Waals surface area (Å²) in [6.07, 6.45) is 3.27. The number of hydrogen-bond acceptors (Lipinski definition) is 1. The minimum Gasteiger partial charge on any atom is -0.350 e. The molecule has 2 nitrogen and oxygen atoms in total. The highest BCUT2D eigenvalue weighted by Gasteiger charge is 1.98. The van der Waals surface area contributed by atoms with Gasteiger partial charge in [-0.25, -0.2) is 0 Å². The number of aromatic amines is 1. The molecule has 0 saturated carbocycles. The molecule has 64 valence electrons. The van der Waals surface area contributed by atoms with Crippen LogP contribution in [0.4, 0.5) is 0 Å². The summed E-state index contributed by atoms with van der Waals surface area (Å²) < 4.78 is 1.01. The molecule has 0 saturated heterocycles. The van der Waals surface area contributed by atoms with E-state index < -0.39 is 0 Å². The van der Waals surface area contributed by atoms with Gasteiger partial charge in [0.1, 0.15) is 0 Å². The number of H-pyrrole nitrogens is 1. The third-order valence-corrected chi connectivity index (χ3v) is 2.41. The predicted octanol–water partition coefficient (Wildman–Crippen LogP) is 3.14. The third kappa shape index (κ3) is 2.08. The minimum absolute atomic E-state index is 0.934. The van der Waals surface area contributed by atoms with Crippen molar-refractivity contribution in [1.82, 2.24) is 4.98 Å². The Morgan fingerprint density at radius 1 is 1.67 bits per heavy atom. The molecular weight excluding hydrogens is 216 g/mol. The second kappa shape index (κ2) is 3.72. The van der Waals surface area contributed by atoms with Crippen molar-refractivity contribution in [3.63, 3.8) is 0 Å². The molecule has 0 atom stereocenters. The van der Waals surface area contributed by atoms with Gasteiger partial charge in [0.15, 0.2) is 0 Å². The van der Waals surface area contributed by atoms with Crippen molar-refractivity contribution in [3.05, 3.63) is 27.5 Å². The summed E-state index contributed by atoms with van der Waals surface area (Å²) in [4.78, 5) is 3.15. The molecular formula is C9H11BrN2. The van der Waals surface area contributed by atoms with Crippen LogP contribution in [0.15, 0.2) is 16.2 Å². The van der Waals surface area contributed by atoms with Crippen molar-refractivity contribution < 1.29 is 0 Å². The van der Waals surface area contributed by atoms with Gasteiger partial charge >= 0.3 is 0 Å². The van der Waals surface area contributed by atoms with E-state index in [2.05, 4.69) is 20.9 Å². The second-order valence-electron chi connectivity index (χ2n) is 2.75. The zero-order valence-electron chi connectivity index (χ0n) is 7.11. The van der Waals surface area contributed by atoms with E-state index in [4.69, 9.17) is 5.41 Å². The Morgan fingerprint density at radius 2 is 2.33 bits per heavy atom. The molecule has 0 spiro atoms. The van der Waals surface area contributed by atoms with Gasteiger partial charge in [0.25, 0.3) is 0 Å². The number of allylic oxidation sites excluding steroid dienone is 1. The maximum absolute atomic E-state index is 7.00. The molecule has 0 aliphatic rings. The number of halogens is 1. The predicted molar refractivity (Wildman–Crippen MR) is 55.7 cm³/mol. The average Bonchev–Trinajstić information content (AvgIpc) is 2.31. The first-order valence-corrected chi connectivity index (χ1v) is 4.46. The smallest absolute Gasteiger partial charge is 0.0854 e. The number of nitrogens with one attached hydrogen (secondary N) is 2. The first kappa shape index (κ1) is 9.26. The molecule has 0 radical (unpaired) electrons. The zero-order chi connectivity index (χ0) is 9.14. The first-order valence-electron chi connectivity index (χ1n) is 3.67. The molecule has 0 aliphatic heterocycles. The van der Waals surface area contributed by atoms with Crippen molar-refractivity contribution in [1.29, 1.82) is 5.41 Å². The van der Waals surface area contributed by atoms with Gasteiger partial charge in [-0.2, -0.15) is 0 Å². The van der Waals surface area contributed by atoms with Crippen LogP contribution < -0.4 is 0 Å². The maximum atomic E-state index is 7.00. The van der Waals surface area contributed by atoms with Crippen LogP contribution in [-0.2, 0) is 0 Å². The van der Waals surface area contributed by atoms with Crippen molar-refractivity contribution in [3.8, 4) is 0 Å². The van der Waals surface area contributed by atoms with Gasteiger partial charge in [-0.15, -0.1) is 0 Å². The van der Waals surface area contributed by atoms with Crippen LogP contribution in [0.2, 0.25) is 0 Å². The Balaban J connectivity index is 2.97. The molecule has 0 aliphatic carbocycles. The Morgan fingerprint density at radius 3 is 2.75 bits per heavy atom. The SMILES string of the molecule is C/C(C=N)=C/c1cc(C)c(Br)[nH]1. The van der Waals surface area contributed by atoms with Crippen molar-refractivity contribution in [2.75, 3.05) is 0 Å². The van der Waals surface area contributed by atoms with Crippen molar-refractivity contribution in [2.24, 2.45) is 0 Å². The fourth-order valence-corrected chi connectivity index (χ4v) is 1.27. The van der Waals surface area contributed by atoms with Crippen LogP contribution in [0.25, 0.3) is 6.08 Å². The Labute approximate surface area is 80.3 Å². The van der Waals surface area contributed by atoms with Gasteiger partial charge in [-0.1, -0.05) is 0 Å². The molecule has 12 heavy (non-hydrogen) atoms. The number of aryl methyl sites for hydroxylation is 1. The van der Waals surface area contributed by atoms with Gasteiger partial charge in [-0.3, -0.25) is 0 Å². The van der Waals surface area contributed by atoms with Crippen molar-refractivity contribution in [2.45, 2.75) is 13.8 Å². The van der Waals surface area contributed by atoms with Crippen LogP contribution in [0, 0.1) is 12.3 Å². The van der Waals surface area contributed by atoms with E-state index >= 15 is 0 Å². The van der Waals surface area contributed by atoms with Crippen LogP contribution in [0.5, 0.6) is 0 Å². The van der Waals surface area contributed by atoms with Gasteiger partial charge in [0.2, 0.25) is 0 Å². The summed E-state index contributed by atoms with van der Waals surface area (Å²) in [6, 6.07) is 2.04. The molecule has 1 rings (SSSR count). The fraction of sp³-hybridized carbons (Fsp3) is 0.222. The van der Waals surface area contributed by atoms with E-state index in [0.717, 1.165) is 15.9 Å². The molecule has 0 amide bonds. The molecule has 0 bridgehead atoms. The maximum Gasteiger partial charge on any atom is 0.0854 e. The molecule has 1 heterocycles. The highest BCUT2D eigenvalue weighted by atomic mass is 79.9. The second-order valence-corrected chi connectivity index (χ2v) is 3.55. The van der Waals surface area contributed by atoms with Crippen LogP contribution in [0.3, 0.4) is 0 Å². The Bertz CT molecular complexity index is 304. The summed E-state index contributed by atoms with van der Waals surface area (Å²) in [6.45, 7) is 3.93. The normalized spacial score (nSPS) is 11.8. The molecule has 0 aromatic carbocycles. The molecule has 2 N–H and O–H groups in total. The number of hydrogen-bond donors (Lipinski definition) is 2. The number of rotatable bonds is 2. The van der Waals surface area contributed by atoms with Gasteiger partial charge in [-0.05, 0) is 53.1 Å². The van der Waals surface area contributed by atoms with E-state index in [0.29, 0.717) is 0 Å². The molecule has 1 aromatic rings.